The number of carbonyl (C=O) groups excluding carboxylic acids is 1. The van der Waals surface area contributed by atoms with Crippen LogP contribution in [0.3, 0.4) is 0 Å². The molecule has 2 atom stereocenters. The van der Waals surface area contributed by atoms with Crippen LogP contribution in [0, 0.1) is 22.7 Å². The third-order valence-corrected chi connectivity index (χ3v) is 13.4. The van der Waals surface area contributed by atoms with Gasteiger partial charge in [-0.05, 0) is 74.2 Å². The van der Waals surface area contributed by atoms with Crippen LogP contribution in [0.4, 0.5) is 0 Å². The molecule has 0 radical (unpaired) electrons. The largest absolute Gasteiger partial charge is 0.543 e. The van der Waals surface area contributed by atoms with Gasteiger partial charge in [0.05, 0.1) is 23.8 Å². The molecule has 6 heteroatoms. The number of nitrogens with one attached hydrogen (secondary N) is 1. The molecule has 1 amide bonds. The summed E-state index contributed by atoms with van der Waals surface area (Å²) in [5.41, 5.74) is 4.28. The van der Waals surface area contributed by atoms with Gasteiger partial charge in [0.15, 0.2) is 0 Å². The van der Waals surface area contributed by atoms with Crippen molar-refractivity contribution < 1.29 is 14.0 Å². The molecule has 1 aliphatic heterocycles. The standard InChI is InChI=1S/C39H52N2O3Si/c1-37(2,3)24-27-22-23-43-34(26-18-14-12-15-19-26)30(25-40)31(27)32-28-20-16-13-17-21-29(28)33(36(42)41-38(4,5)6)35(32)44-45(10,11)39(7,8)9/h12-21,27,31H,22-24H2,1-11H3,(H,41,42). The van der Waals surface area contributed by atoms with Crippen LogP contribution in [0.15, 0.2) is 66.2 Å². The number of ether oxygens (including phenoxy) is 1. The van der Waals surface area contributed by atoms with Gasteiger partial charge in [-0.2, -0.15) is 5.26 Å². The first kappa shape index (κ1) is 34.3. The first-order valence-corrected chi connectivity index (χ1v) is 19.1. The van der Waals surface area contributed by atoms with E-state index < -0.39 is 13.9 Å². The molecule has 4 rings (SSSR count). The molecule has 2 aliphatic carbocycles. The Morgan fingerprint density at radius 3 is 2.04 bits per heavy atom. The molecule has 3 aliphatic rings. The van der Waals surface area contributed by atoms with E-state index in [2.05, 4.69) is 72.1 Å². The molecule has 5 nitrogen and oxygen atoms in total. The maximum absolute atomic E-state index is 14.4. The lowest BCUT2D eigenvalue weighted by molar-refractivity contribution is 0.0918. The predicted octanol–water partition coefficient (Wildman–Crippen LogP) is 10.2. The maximum atomic E-state index is 14.4. The first-order valence-electron chi connectivity index (χ1n) is 16.2. The van der Waals surface area contributed by atoms with E-state index in [0.717, 1.165) is 35.1 Å². The van der Waals surface area contributed by atoms with Crippen molar-refractivity contribution in [1.29, 1.82) is 5.26 Å². The molecule has 0 aromatic heterocycles. The number of amides is 1. The number of benzene rings is 1. The van der Waals surface area contributed by atoms with Crippen LogP contribution in [-0.4, -0.2) is 26.4 Å². The third kappa shape index (κ3) is 7.64. The predicted molar refractivity (Wildman–Crippen MR) is 188 cm³/mol. The van der Waals surface area contributed by atoms with Gasteiger partial charge in [0.25, 0.3) is 14.2 Å². The lowest BCUT2D eigenvalue weighted by Gasteiger charge is -2.38. The zero-order valence-electron chi connectivity index (χ0n) is 29.2. The topological polar surface area (TPSA) is 71.3 Å². The summed E-state index contributed by atoms with van der Waals surface area (Å²) in [7, 11) is -2.46. The van der Waals surface area contributed by atoms with Gasteiger partial charge in [-0.15, -0.1) is 0 Å². The summed E-state index contributed by atoms with van der Waals surface area (Å²) in [6.45, 7) is 24.3. The van der Waals surface area contributed by atoms with E-state index in [-0.39, 0.29) is 28.2 Å². The summed E-state index contributed by atoms with van der Waals surface area (Å²) >= 11 is 0. The van der Waals surface area contributed by atoms with E-state index >= 15 is 0 Å². The van der Waals surface area contributed by atoms with Crippen LogP contribution in [-0.2, 0) is 4.74 Å². The number of nitriles is 1. The second-order valence-corrected chi connectivity index (χ2v) is 21.0. The quantitative estimate of drug-likeness (QED) is 0.277. The second-order valence-electron chi connectivity index (χ2n) is 16.3. The summed E-state index contributed by atoms with van der Waals surface area (Å²) in [6.07, 6.45) is 1.65. The van der Waals surface area contributed by atoms with Crippen molar-refractivity contribution in [2.75, 3.05) is 6.61 Å². The van der Waals surface area contributed by atoms with Crippen molar-refractivity contribution in [3.05, 3.63) is 82.9 Å². The Balaban J connectivity index is 2.18. The van der Waals surface area contributed by atoms with E-state index in [9.17, 15) is 10.1 Å². The monoisotopic (exact) mass is 624 g/mol. The Bertz CT molecular complexity index is 1560. The summed E-state index contributed by atoms with van der Waals surface area (Å²) < 4.78 is 13.8. The lowest BCUT2D eigenvalue weighted by Crippen LogP contribution is -2.45. The summed E-state index contributed by atoms with van der Waals surface area (Å²) in [4.78, 5) is 14.4. The van der Waals surface area contributed by atoms with Crippen molar-refractivity contribution in [3.63, 3.8) is 0 Å². The number of nitrogens with zero attached hydrogens (tertiary/aromatic N) is 1. The average Bonchev–Trinajstić information content (AvgIpc) is 3.06. The van der Waals surface area contributed by atoms with Crippen LogP contribution in [0.1, 0.15) is 103 Å². The van der Waals surface area contributed by atoms with Crippen LogP contribution in [0.5, 0.6) is 5.75 Å². The van der Waals surface area contributed by atoms with Crippen LogP contribution in [0.2, 0.25) is 18.1 Å². The van der Waals surface area contributed by atoms with Gasteiger partial charge < -0.3 is 14.5 Å². The van der Waals surface area contributed by atoms with Crippen molar-refractivity contribution in [1.82, 2.24) is 5.32 Å². The highest BCUT2D eigenvalue weighted by atomic mass is 28.4. The highest BCUT2D eigenvalue weighted by Crippen LogP contribution is 2.55. The third-order valence-electron chi connectivity index (χ3n) is 9.05. The van der Waals surface area contributed by atoms with E-state index in [0.29, 0.717) is 29.3 Å². The van der Waals surface area contributed by atoms with E-state index in [4.69, 9.17) is 9.16 Å². The number of hydrogen-bond donors (Lipinski definition) is 1. The van der Waals surface area contributed by atoms with Crippen molar-refractivity contribution in [2.45, 2.75) is 105 Å². The molecule has 0 fully saturated rings. The van der Waals surface area contributed by atoms with Gasteiger partial charge in [0.2, 0.25) is 0 Å². The maximum Gasteiger partial charge on any atom is 0.256 e. The fraction of sp³-hybridized carbons (Fsp3) is 0.487. The molecule has 0 saturated heterocycles. The zero-order valence-corrected chi connectivity index (χ0v) is 30.2. The number of fused-ring (bicyclic) bond motifs is 1. The Morgan fingerprint density at radius 1 is 0.933 bits per heavy atom. The Morgan fingerprint density at radius 2 is 1.51 bits per heavy atom. The van der Waals surface area contributed by atoms with Gasteiger partial charge >= 0.3 is 0 Å². The molecule has 0 saturated carbocycles. The van der Waals surface area contributed by atoms with Gasteiger partial charge in [0, 0.05) is 22.6 Å². The van der Waals surface area contributed by atoms with Crippen LogP contribution >= 0.6 is 0 Å². The lowest BCUT2D eigenvalue weighted by atomic mass is 9.71. The van der Waals surface area contributed by atoms with Crippen LogP contribution < -0.4 is 9.74 Å². The highest BCUT2D eigenvalue weighted by Gasteiger charge is 2.45. The molecule has 1 aromatic carbocycles. The van der Waals surface area contributed by atoms with E-state index in [1.54, 1.807) is 0 Å². The fourth-order valence-electron chi connectivity index (χ4n) is 6.10. The zero-order chi connectivity index (χ0) is 33.4. The molecule has 2 unspecified atom stereocenters. The minimum absolute atomic E-state index is 0.000681. The molecule has 1 N–H and O–H groups in total. The molecule has 45 heavy (non-hydrogen) atoms. The first-order chi connectivity index (χ1) is 20.8. The normalized spacial score (nSPS) is 18.2. The van der Waals surface area contributed by atoms with Crippen molar-refractivity contribution in [2.24, 2.45) is 11.3 Å². The summed E-state index contributed by atoms with van der Waals surface area (Å²) in [6, 6.07) is 22.7. The van der Waals surface area contributed by atoms with Crippen molar-refractivity contribution >= 4 is 20.0 Å². The Labute approximate surface area is 272 Å². The summed E-state index contributed by atoms with van der Waals surface area (Å²) in [5, 5.41) is 14.2. The number of carbonyl (C=O) groups is 1. The second kappa shape index (κ2) is 12.7. The fourth-order valence-corrected chi connectivity index (χ4v) is 7.13. The van der Waals surface area contributed by atoms with Gasteiger partial charge in [0.1, 0.15) is 11.5 Å². The number of hydrogen-bond acceptors (Lipinski definition) is 4. The summed E-state index contributed by atoms with van der Waals surface area (Å²) in [5.74, 6) is 0.815. The molecular weight excluding hydrogens is 573 g/mol. The Kier molecular flexibility index (Phi) is 9.67. The van der Waals surface area contributed by atoms with Crippen LogP contribution in [0.25, 0.3) is 16.9 Å². The van der Waals surface area contributed by atoms with E-state index in [1.807, 2.05) is 75.4 Å². The average molecular weight is 625 g/mol. The van der Waals surface area contributed by atoms with Gasteiger partial charge in [-0.3, -0.25) is 4.79 Å². The highest BCUT2D eigenvalue weighted by molar-refractivity contribution is 6.74. The Hall–Kier alpha value is -3.56. The molecule has 1 heterocycles. The molecule has 240 valence electrons. The molecule has 1 aromatic rings. The molecular formula is C39H52N2O3Si. The van der Waals surface area contributed by atoms with Gasteiger partial charge in [-0.1, -0.05) is 102 Å². The smallest absolute Gasteiger partial charge is 0.256 e. The molecule has 0 bridgehead atoms. The number of rotatable bonds is 6. The molecule has 0 spiro atoms. The number of allylic oxidation sites excluding steroid dienone is 1. The minimum Gasteiger partial charge on any atom is -0.543 e. The SMILES string of the molecule is CC(C)(C)CC1CCOC(c2ccccc2)=C(C#N)C1c1c2cccccc-2c(C(=O)NC(C)(C)C)c1O[Si](C)(C)C(C)(C)C. The van der Waals surface area contributed by atoms with E-state index in [1.165, 1.54) is 0 Å². The van der Waals surface area contributed by atoms with Crippen molar-refractivity contribution in [3.8, 4) is 22.9 Å². The minimum atomic E-state index is -2.46. The van der Waals surface area contributed by atoms with Gasteiger partial charge in [-0.25, -0.2) is 0 Å².